The number of benzene rings is 2. The molecule has 0 spiro atoms. The smallest absolute Gasteiger partial charge is 0.319 e. The Morgan fingerprint density at radius 1 is 1.16 bits per heavy atom. The first-order valence-corrected chi connectivity index (χ1v) is 8.26. The maximum atomic E-state index is 11.9. The van der Waals surface area contributed by atoms with E-state index in [1.54, 1.807) is 43.3 Å². The molecule has 0 aliphatic rings. The van der Waals surface area contributed by atoms with Crippen molar-refractivity contribution in [3.63, 3.8) is 0 Å². The lowest BCUT2D eigenvalue weighted by Gasteiger charge is -2.11. The number of hydrogen-bond acceptors (Lipinski definition) is 6. The highest BCUT2D eigenvalue weighted by atomic mass is 32.2. The first kappa shape index (κ1) is 18.5. The topological polar surface area (TPSA) is 98.5 Å². The van der Waals surface area contributed by atoms with Crippen LogP contribution in [0.5, 0.6) is 0 Å². The van der Waals surface area contributed by atoms with Gasteiger partial charge in [-0.15, -0.1) is 11.8 Å². The standard InChI is InChI=1S/C17H16N2O5S/c1-12(25-15-9-7-14(8-10-15)19(22)23)17(21)24-11-16(20)18-13-5-3-2-4-6-13/h2-10,12H,11H2,1H3,(H,18,20)/t12-/m1/s1. The van der Waals surface area contributed by atoms with Crippen molar-refractivity contribution in [2.24, 2.45) is 0 Å². The number of nitrogens with one attached hydrogen (secondary N) is 1. The van der Waals surface area contributed by atoms with E-state index in [2.05, 4.69) is 5.32 Å². The molecule has 1 N–H and O–H groups in total. The van der Waals surface area contributed by atoms with Gasteiger partial charge in [-0.1, -0.05) is 18.2 Å². The normalized spacial score (nSPS) is 11.4. The zero-order chi connectivity index (χ0) is 18.2. The van der Waals surface area contributed by atoms with Crippen molar-refractivity contribution in [1.82, 2.24) is 0 Å². The molecule has 130 valence electrons. The quantitative estimate of drug-likeness (QED) is 0.352. The zero-order valence-electron chi connectivity index (χ0n) is 13.4. The van der Waals surface area contributed by atoms with Crippen LogP contribution in [-0.4, -0.2) is 28.7 Å². The molecule has 8 heteroatoms. The molecule has 2 aromatic rings. The third-order valence-corrected chi connectivity index (χ3v) is 4.19. The molecule has 0 bridgehead atoms. The molecule has 0 aromatic heterocycles. The van der Waals surface area contributed by atoms with Crippen LogP contribution < -0.4 is 5.32 Å². The first-order valence-electron chi connectivity index (χ1n) is 7.38. The lowest BCUT2D eigenvalue weighted by Crippen LogP contribution is -2.24. The third-order valence-electron chi connectivity index (χ3n) is 3.10. The summed E-state index contributed by atoms with van der Waals surface area (Å²) in [5.41, 5.74) is 0.606. The first-order chi connectivity index (χ1) is 12.0. The number of ether oxygens (including phenoxy) is 1. The Balaban J connectivity index is 1.79. The molecule has 0 saturated heterocycles. The van der Waals surface area contributed by atoms with Crippen LogP contribution in [0.15, 0.2) is 59.5 Å². The van der Waals surface area contributed by atoms with Crippen molar-refractivity contribution >= 4 is 35.0 Å². The van der Waals surface area contributed by atoms with E-state index in [0.29, 0.717) is 10.6 Å². The summed E-state index contributed by atoms with van der Waals surface area (Å²) in [6.07, 6.45) is 0. The molecule has 0 radical (unpaired) electrons. The highest BCUT2D eigenvalue weighted by Crippen LogP contribution is 2.25. The fraction of sp³-hybridized carbons (Fsp3) is 0.176. The Morgan fingerprint density at radius 3 is 2.40 bits per heavy atom. The van der Waals surface area contributed by atoms with Crippen LogP contribution in [-0.2, 0) is 14.3 Å². The van der Waals surface area contributed by atoms with Gasteiger partial charge in [0, 0.05) is 22.7 Å². The number of thioether (sulfide) groups is 1. The van der Waals surface area contributed by atoms with Gasteiger partial charge in [0.2, 0.25) is 0 Å². The molecule has 0 heterocycles. The molecule has 0 unspecified atom stereocenters. The number of nitro benzene ring substituents is 1. The van der Waals surface area contributed by atoms with Crippen molar-refractivity contribution in [3.05, 3.63) is 64.7 Å². The van der Waals surface area contributed by atoms with Crippen LogP contribution in [0.1, 0.15) is 6.92 Å². The van der Waals surface area contributed by atoms with E-state index in [1.165, 1.54) is 23.9 Å². The van der Waals surface area contributed by atoms with Gasteiger partial charge in [-0.3, -0.25) is 19.7 Å². The van der Waals surface area contributed by atoms with Crippen LogP contribution in [0.4, 0.5) is 11.4 Å². The summed E-state index contributed by atoms with van der Waals surface area (Å²) in [7, 11) is 0. The fourth-order valence-corrected chi connectivity index (χ4v) is 2.74. The summed E-state index contributed by atoms with van der Waals surface area (Å²) >= 11 is 1.20. The highest BCUT2D eigenvalue weighted by Gasteiger charge is 2.18. The molecule has 1 atom stereocenters. The second-order valence-corrected chi connectivity index (χ2v) is 6.45. The monoisotopic (exact) mass is 360 g/mol. The number of amides is 1. The van der Waals surface area contributed by atoms with E-state index in [9.17, 15) is 19.7 Å². The van der Waals surface area contributed by atoms with E-state index in [0.717, 1.165) is 0 Å². The number of carbonyl (C=O) groups excluding carboxylic acids is 2. The minimum atomic E-state index is -0.550. The average Bonchev–Trinajstić information content (AvgIpc) is 2.61. The molecule has 0 fully saturated rings. The summed E-state index contributed by atoms with van der Waals surface area (Å²) in [5, 5.41) is 12.7. The summed E-state index contributed by atoms with van der Waals surface area (Å²) in [4.78, 5) is 34.5. The number of anilines is 1. The van der Waals surface area contributed by atoms with Crippen LogP contribution in [0.2, 0.25) is 0 Å². The van der Waals surface area contributed by atoms with Crippen molar-refractivity contribution in [2.75, 3.05) is 11.9 Å². The molecular formula is C17H16N2O5S. The average molecular weight is 360 g/mol. The SMILES string of the molecule is C[C@@H](Sc1ccc([N+](=O)[O-])cc1)C(=O)OCC(=O)Nc1ccccc1. The number of para-hydroxylation sites is 1. The zero-order valence-corrected chi connectivity index (χ0v) is 14.2. The van der Waals surface area contributed by atoms with E-state index >= 15 is 0 Å². The van der Waals surface area contributed by atoms with Gasteiger partial charge >= 0.3 is 5.97 Å². The van der Waals surface area contributed by atoms with E-state index < -0.39 is 22.0 Å². The lowest BCUT2D eigenvalue weighted by molar-refractivity contribution is -0.384. The summed E-state index contributed by atoms with van der Waals surface area (Å²) in [6, 6.07) is 14.7. The van der Waals surface area contributed by atoms with E-state index in [-0.39, 0.29) is 12.3 Å². The van der Waals surface area contributed by atoms with Crippen LogP contribution >= 0.6 is 11.8 Å². The van der Waals surface area contributed by atoms with Crippen LogP contribution in [0, 0.1) is 10.1 Å². The van der Waals surface area contributed by atoms with Crippen LogP contribution in [0.3, 0.4) is 0 Å². The summed E-state index contributed by atoms with van der Waals surface area (Å²) < 4.78 is 4.99. The number of non-ortho nitro benzene ring substituents is 1. The third kappa shape index (κ3) is 5.92. The Labute approximate surface area is 148 Å². The maximum absolute atomic E-state index is 11.9. The van der Waals surface area contributed by atoms with Crippen molar-refractivity contribution < 1.29 is 19.2 Å². The molecule has 2 rings (SSSR count). The number of hydrogen-bond donors (Lipinski definition) is 1. The maximum Gasteiger partial charge on any atom is 0.319 e. The predicted molar refractivity (Wildman–Crippen MR) is 94.4 cm³/mol. The molecule has 0 saturated carbocycles. The Kier molecular flexibility index (Phi) is 6.53. The molecular weight excluding hydrogens is 344 g/mol. The van der Waals surface area contributed by atoms with Gasteiger partial charge in [0.05, 0.1) is 4.92 Å². The van der Waals surface area contributed by atoms with Gasteiger partial charge in [-0.05, 0) is 31.2 Å². The second kappa shape index (κ2) is 8.84. The Bertz CT molecular complexity index is 749. The van der Waals surface area contributed by atoms with Crippen molar-refractivity contribution in [2.45, 2.75) is 17.1 Å². The van der Waals surface area contributed by atoms with Gasteiger partial charge in [-0.2, -0.15) is 0 Å². The van der Waals surface area contributed by atoms with Crippen molar-refractivity contribution in [3.8, 4) is 0 Å². The fourth-order valence-electron chi connectivity index (χ4n) is 1.87. The van der Waals surface area contributed by atoms with E-state index in [1.807, 2.05) is 6.07 Å². The molecule has 1 amide bonds. The Morgan fingerprint density at radius 2 is 1.80 bits per heavy atom. The minimum absolute atomic E-state index is 0.0165. The largest absolute Gasteiger partial charge is 0.455 e. The van der Waals surface area contributed by atoms with Gasteiger partial charge in [-0.25, -0.2) is 0 Å². The number of nitrogens with zero attached hydrogens (tertiary/aromatic N) is 1. The molecule has 0 aliphatic carbocycles. The van der Waals surface area contributed by atoms with Gasteiger partial charge < -0.3 is 10.1 Å². The number of esters is 1. The van der Waals surface area contributed by atoms with Gasteiger partial charge in [0.25, 0.3) is 11.6 Å². The van der Waals surface area contributed by atoms with Gasteiger partial charge in [0.15, 0.2) is 6.61 Å². The highest BCUT2D eigenvalue weighted by molar-refractivity contribution is 8.00. The Hall–Kier alpha value is -2.87. The van der Waals surface area contributed by atoms with Crippen molar-refractivity contribution in [1.29, 1.82) is 0 Å². The summed E-state index contributed by atoms with van der Waals surface area (Å²) in [6.45, 7) is 1.27. The minimum Gasteiger partial charge on any atom is -0.455 e. The molecule has 0 aliphatic heterocycles. The van der Waals surface area contributed by atoms with Crippen LogP contribution in [0.25, 0.3) is 0 Å². The molecule has 2 aromatic carbocycles. The summed E-state index contributed by atoms with van der Waals surface area (Å²) in [5.74, 6) is -0.960. The van der Waals surface area contributed by atoms with E-state index in [4.69, 9.17) is 4.74 Å². The molecule has 25 heavy (non-hydrogen) atoms. The molecule has 7 nitrogen and oxygen atoms in total. The number of carbonyl (C=O) groups is 2. The number of rotatable bonds is 7. The second-order valence-electron chi connectivity index (χ2n) is 5.03. The lowest BCUT2D eigenvalue weighted by atomic mass is 10.3. The predicted octanol–water partition coefficient (Wildman–Crippen LogP) is 3.26. The van der Waals surface area contributed by atoms with Gasteiger partial charge in [0.1, 0.15) is 5.25 Å². The number of nitro groups is 1.